The van der Waals surface area contributed by atoms with E-state index in [-0.39, 0.29) is 5.82 Å². The highest BCUT2D eigenvalue weighted by Crippen LogP contribution is 2.32. The minimum Gasteiger partial charge on any atom is -0.371 e. The predicted molar refractivity (Wildman–Crippen MR) is 60.3 cm³/mol. The molecule has 0 spiro atoms. The van der Waals surface area contributed by atoms with Crippen molar-refractivity contribution < 1.29 is 4.39 Å². The number of nitrogens with zero attached hydrogens (tertiary/aromatic N) is 1. The van der Waals surface area contributed by atoms with Gasteiger partial charge in [0.15, 0.2) is 0 Å². The summed E-state index contributed by atoms with van der Waals surface area (Å²) in [5.74, 6) is -0.151. The van der Waals surface area contributed by atoms with Gasteiger partial charge in [0.25, 0.3) is 0 Å². The van der Waals surface area contributed by atoms with E-state index >= 15 is 0 Å². The highest BCUT2D eigenvalue weighted by Gasteiger charge is 2.19. The summed E-state index contributed by atoms with van der Waals surface area (Å²) in [7, 11) is 0. The number of hydrogen-bond acceptors (Lipinski definition) is 1. The molecule has 1 heterocycles. The minimum absolute atomic E-state index is 0.151. The third-order valence-corrected chi connectivity index (χ3v) is 3.21. The van der Waals surface area contributed by atoms with Gasteiger partial charge in [-0.2, -0.15) is 0 Å². The van der Waals surface area contributed by atoms with Crippen LogP contribution < -0.4 is 4.90 Å². The molecular formula is C11H13BrFN. The summed E-state index contributed by atoms with van der Waals surface area (Å²) in [5.41, 5.74) is 2.33. The summed E-state index contributed by atoms with van der Waals surface area (Å²) in [6.45, 7) is 4.25. The average Bonchev–Trinajstić information content (AvgIpc) is 2.51. The van der Waals surface area contributed by atoms with Gasteiger partial charge >= 0.3 is 0 Å². The Labute approximate surface area is 92.0 Å². The molecule has 0 N–H and O–H groups in total. The Kier molecular flexibility index (Phi) is 2.77. The van der Waals surface area contributed by atoms with Crippen LogP contribution in [0.1, 0.15) is 18.9 Å². The topological polar surface area (TPSA) is 3.24 Å². The van der Waals surface area contributed by atoms with Crippen LogP contribution in [0.5, 0.6) is 0 Å². The first-order chi connectivity index (χ1) is 6.72. The Morgan fingerprint density at radius 3 is 3.00 bits per heavy atom. The molecule has 1 aromatic rings. The third kappa shape index (κ3) is 1.65. The lowest BCUT2D eigenvalue weighted by molar-refractivity contribution is 0.620. The van der Waals surface area contributed by atoms with Gasteiger partial charge in [-0.25, -0.2) is 4.39 Å². The lowest BCUT2D eigenvalue weighted by atomic mass is 10.1. The van der Waals surface area contributed by atoms with Gasteiger partial charge in [-0.15, -0.1) is 0 Å². The molecule has 0 aliphatic carbocycles. The number of rotatable bonds is 2. The van der Waals surface area contributed by atoms with E-state index in [9.17, 15) is 4.39 Å². The molecule has 0 saturated carbocycles. The Balaban J connectivity index is 2.35. The molecule has 2 rings (SSSR count). The van der Waals surface area contributed by atoms with E-state index in [2.05, 4.69) is 27.8 Å². The molecule has 1 aromatic carbocycles. The van der Waals surface area contributed by atoms with Gasteiger partial charge in [-0.3, -0.25) is 0 Å². The fourth-order valence-electron chi connectivity index (χ4n) is 1.95. The normalized spacial score (nSPS) is 14.6. The van der Waals surface area contributed by atoms with E-state index in [0.717, 1.165) is 31.5 Å². The maximum absolute atomic E-state index is 13.2. The summed E-state index contributed by atoms with van der Waals surface area (Å²) in [6.07, 6.45) is 2.11. The quantitative estimate of drug-likeness (QED) is 0.786. The number of halogens is 2. The van der Waals surface area contributed by atoms with Crippen molar-refractivity contribution in [2.24, 2.45) is 0 Å². The second-order valence-corrected chi connectivity index (χ2v) is 4.49. The van der Waals surface area contributed by atoms with Crippen LogP contribution in [-0.2, 0) is 6.42 Å². The first-order valence-electron chi connectivity index (χ1n) is 4.95. The molecule has 1 aliphatic rings. The van der Waals surface area contributed by atoms with Gasteiger partial charge < -0.3 is 4.90 Å². The Bertz CT molecular complexity index is 351. The molecule has 0 amide bonds. The van der Waals surface area contributed by atoms with E-state index < -0.39 is 0 Å². The molecule has 0 saturated heterocycles. The van der Waals surface area contributed by atoms with Crippen LogP contribution in [0.15, 0.2) is 16.6 Å². The van der Waals surface area contributed by atoms with Crippen LogP contribution in [0.25, 0.3) is 0 Å². The molecule has 1 nitrogen and oxygen atoms in total. The van der Waals surface area contributed by atoms with Crippen LogP contribution in [0, 0.1) is 5.82 Å². The zero-order valence-corrected chi connectivity index (χ0v) is 9.77. The van der Waals surface area contributed by atoms with Gasteiger partial charge in [-0.1, -0.05) is 6.92 Å². The Morgan fingerprint density at radius 2 is 2.29 bits per heavy atom. The van der Waals surface area contributed by atoms with Crippen LogP contribution >= 0.6 is 15.9 Å². The second-order valence-electron chi connectivity index (χ2n) is 3.63. The summed E-state index contributed by atoms with van der Waals surface area (Å²) in [5, 5.41) is 0. The van der Waals surface area contributed by atoms with E-state index in [1.54, 1.807) is 6.07 Å². The monoisotopic (exact) mass is 257 g/mol. The number of benzene rings is 1. The van der Waals surface area contributed by atoms with Crippen LogP contribution in [-0.4, -0.2) is 13.1 Å². The van der Waals surface area contributed by atoms with E-state index in [1.807, 2.05) is 6.07 Å². The number of fused-ring (bicyclic) bond motifs is 1. The molecule has 0 atom stereocenters. The SMILES string of the molecule is CCCN1CCc2cc(F)c(Br)cc21. The predicted octanol–water partition coefficient (Wildman–Crippen LogP) is 3.36. The molecule has 0 radical (unpaired) electrons. The van der Waals surface area contributed by atoms with Gasteiger partial charge in [0.1, 0.15) is 5.82 Å². The molecule has 1 aliphatic heterocycles. The second kappa shape index (κ2) is 3.89. The lowest BCUT2D eigenvalue weighted by Gasteiger charge is -2.18. The zero-order chi connectivity index (χ0) is 10.1. The van der Waals surface area contributed by atoms with Gasteiger partial charge in [0.2, 0.25) is 0 Å². The van der Waals surface area contributed by atoms with Crippen molar-refractivity contribution in [3.8, 4) is 0 Å². The highest BCUT2D eigenvalue weighted by molar-refractivity contribution is 9.10. The summed E-state index contributed by atoms with van der Waals surface area (Å²) < 4.78 is 13.8. The highest BCUT2D eigenvalue weighted by atomic mass is 79.9. The Morgan fingerprint density at radius 1 is 1.50 bits per heavy atom. The van der Waals surface area contributed by atoms with Crippen molar-refractivity contribution in [2.75, 3.05) is 18.0 Å². The van der Waals surface area contributed by atoms with Crippen molar-refractivity contribution in [2.45, 2.75) is 19.8 Å². The first kappa shape index (κ1) is 9.97. The fourth-order valence-corrected chi connectivity index (χ4v) is 2.28. The molecule has 0 bridgehead atoms. The maximum atomic E-state index is 13.2. The average molecular weight is 258 g/mol. The molecule has 14 heavy (non-hydrogen) atoms. The van der Waals surface area contributed by atoms with Crippen molar-refractivity contribution in [3.63, 3.8) is 0 Å². The van der Waals surface area contributed by atoms with E-state index in [1.165, 1.54) is 5.69 Å². The van der Waals surface area contributed by atoms with Crippen LogP contribution in [0.4, 0.5) is 10.1 Å². The number of anilines is 1. The number of hydrogen-bond donors (Lipinski definition) is 0. The van der Waals surface area contributed by atoms with Gasteiger partial charge in [0, 0.05) is 18.8 Å². The largest absolute Gasteiger partial charge is 0.371 e. The van der Waals surface area contributed by atoms with E-state index in [0.29, 0.717) is 4.47 Å². The molecular weight excluding hydrogens is 245 g/mol. The lowest BCUT2D eigenvalue weighted by Crippen LogP contribution is -2.20. The molecule has 76 valence electrons. The minimum atomic E-state index is -0.151. The summed E-state index contributed by atoms with van der Waals surface area (Å²) in [4.78, 5) is 2.32. The molecule has 0 aromatic heterocycles. The van der Waals surface area contributed by atoms with Gasteiger partial charge in [0.05, 0.1) is 4.47 Å². The van der Waals surface area contributed by atoms with Crippen molar-refractivity contribution in [1.29, 1.82) is 0 Å². The van der Waals surface area contributed by atoms with Crippen LogP contribution in [0.2, 0.25) is 0 Å². The van der Waals surface area contributed by atoms with Crippen molar-refractivity contribution in [3.05, 3.63) is 28.0 Å². The fraction of sp³-hybridized carbons (Fsp3) is 0.455. The standard InChI is InChI=1S/C11H13BrFN/c1-2-4-14-5-3-8-6-10(13)9(12)7-11(8)14/h6-7H,2-5H2,1H3. The van der Waals surface area contributed by atoms with E-state index in [4.69, 9.17) is 0 Å². The first-order valence-corrected chi connectivity index (χ1v) is 5.74. The van der Waals surface area contributed by atoms with Crippen LogP contribution in [0.3, 0.4) is 0 Å². The molecule has 3 heteroatoms. The van der Waals surface area contributed by atoms with Gasteiger partial charge in [-0.05, 0) is 46.5 Å². The summed E-state index contributed by atoms with van der Waals surface area (Å²) >= 11 is 3.23. The van der Waals surface area contributed by atoms with Crippen molar-refractivity contribution >= 4 is 21.6 Å². The molecule has 0 fully saturated rings. The summed E-state index contributed by atoms with van der Waals surface area (Å²) in [6, 6.07) is 3.54. The smallest absolute Gasteiger partial charge is 0.137 e. The Hall–Kier alpha value is -0.570. The molecule has 0 unspecified atom stereocenters. The maximum Gasteiger partial charge on any atom is 0.137 e. The third-order valence-electron chi connectivity index (χ3n) is 2.61. The zero-order valence-electron chi connectivity index (χ0n) is 8.19. The van der Waals surface area contributed by atoms with Crippen molar-refractivity contribution in [1.82, 2.24) is 0 Å².